The fourth-order valence-corrected chi connectivity index (χ4v) is 1.82. The zero-order valence-corrected chi connectivity index (χ0v) is 8.91. The second-order valence-corrected chi connectivity index (χ2v) is 3.89. The zero-order chi connectivity index (χ0) is 9.14. The molecule has 0 bridgehead atoms. The van der Waals surface area contributed by atoms with Gasteiger partial charge in [-0.15, -0.1) is 0 Å². The van der Waals surface area contributed by atoms with E-state index < -0.39 is 0 Å². The van der Waals surface area contributed by atoms with E-state index in [0.717, 1.165) is 4.48 Å². The largest absolute Gasteiger partial charge is 0.227 e. The Balaban J connectivity index is 3.18. The molecule has 0 spiro atoms. The van der Waals surface area contributed by atoms with Crippen molar-refractivity contribution in [3.63, 3.8) is 0 Å². The van der Waals surface area contributed by atoms with Crippen LogP contribution in [0, 0.1) is 11.3 Å². The SMILES string of the molecule is N#CC1=C(Cl)N=C(Cl)CC(Br)=C1. The van der Waals surface area contributed by atoms with Crippen molar-refractivity contribution >= 4 is 44.3 Å². The predicted molar refractivity (Wildman–Crippen MR) is 53.4 cm³/mol. The van der Waals surface area contributed by atoms with Gasteiger partial charge in [0, 0.05) is 10.9 Å². The number of hydrogen-bond donors (Lipinski definition) is 0. The second kappa shape index (κ2) is 4.08. The lowest BCUT2D eigenvalue weighted by Crippen LogP contribution is -1.83. The van der Waals surface area contributed by atoms with Crippen LogP contribution in [0.3, 0.4) is 0 Å². The van der Waals surface area contributed by atoms with Crippen molar-refractivity contribution in [2.75, 3.05) is 0 Å². The Bertz CT molecular complexity index is 336. The van der Waals surface area contributed by atoms with Crippen LogP contribution >= 0.6 is 39.1 Å². The summed E-state index contributed by atoms with van der Waals surface area (Å²) < 4.78 is 0.795. The van der Waals surface area contributed by atoms with Crippen LogP contribution in [-0.4, -0.2) is 5.17 Å². The summed E-state index contributed by atoms with van der Waals surface area (Å²) in [5, 5.41) is 9.13. The molecule has 5 heteroatoms. The topological polar surface area (TPSA) is 36.1 Å². The van der Waals surface area contributed by atoms with Crippen LogP contribution in [0.5, 0.6) is 0 Å². The molecule has 0 atom stereocenters. The molecule has 0 aromatic carbocycles. The fourth-order valence-electron chi connectivity index (χ4n) is 0.691. The van der Waals surface area contributed by atoms with E-state index >= 15 is 0 Å². The minimum atomic E-state index is 0.136. The summed E-state index contributed by atoms with van der Waals surface area (Å²) in [4.78, 5) is 3.80. The lowest BCUT2D eigenvalue weighted by Gasteiger charge is -1.90. The van der Waals surface area contributed by atoms with Crippen molar-refractivity contribution in [1.82, 2.24) is 0 Å². The lowest BCUT2D eigenvalue weighted by atomic mass is 10.3. The fraction of sp³-hybridized carbons (Fsp3) is 0.143. The highest BCUT2D eigenvalue weighted by Gasteiger charge is 2.09. The van der Waals surface area contributed by atoms with Crippen molar-refractivity contribution in [2.24, 2.45) is 4.99 Å². The molecular formula is C7H3BrCl2N2. The summed E-state index contributed by atoms with van der Waals surface area (Å²) in [6.45, 7) is 0. The van der Waals surface area contributed by atoms with E-state index in [2.05, 4.69) is 20.9 Å². The van der Waals surface area contributed by atoms with E-state index in [9.17, 15) is 0 Å². The van der Waals surface area contributed by atoms with Gasteiger partial charge in [-0.1, -0.05) is 39.1 Å². The highest BCUT2D eigenvalue weighted by Crippen LogP contribution is 2.24. The van der Waals surface area contributed by atoms with E-state index in [1.54, 1.807) is 6.08 Å². The molecule has 62 valence electrons. The molecule has 0 aliphatic carbocycles. The van der Waals surface area contributed by atoms with Gasteiger partial charge < -0.3 is 0 Å². The predicted octanol–water partition coefficient (Wildman–Crippen LogP) is 3.28. The van der Waals surface area contributed by atoms with Gasteiger partial charge in [-0.2, -0.15) is 5.26 Å². The monoisotopic (exact) mass is 264 g/mol. The quantitative estimate of drug-likeness (QED) is 0.619. The molecule has 1 aliphatic rings. The Morgan fingerprint density at radius 1 is 1.58 bits per heavy atom. The van der Waals surface area contributed by atoms with Crippen LogP contribution in [0.4, 0.5) is 0 Å². The van der Waals surface area contributed by atoms with Crippen molar-refractivity contribution in [2.45, 2.75) is 6.42 Å². The van der Waals surface area contributed by atoms with Gasteiger partial charge in [-0.05, 0) is 6.08 Å². The summed E-state index contributed by atoms with van der Waals surface area (Å²) in [6.07, 6.45) is 2.09. The van der Waals surface area contributed by atoms with E-state index in [1.165, 1.54) is 0 Å². The second-order valence-electron chi connectivity index (χ2n) is 2.07. The number of rotatable bonds is 0. The summed E-state index contributed by atoms with van der Waals surface area (Å²) in [7, 11) is 0. The molecule has 0 radical (unpaired) electrons. The molecule has 1 rings (SSSR count). The molecule has 0 saturated carbocycles. The van der Waals surface area contributed by atoms with Gasteiger partial charge in [-0.3, -0.25) is 0 Å². The van der Waals surface area contributed by atoms with Gasteiger partial charge >= 0.3 is 0 Å². The highest BCUT2D eigenvalue weighted by atomic mass is 79.9. The van der Waals surface area contributed by atoms with Gasteiger partial charge in [0.25, 0.3) is 0 Å². The van der Waals surface area contributed by atoms with Gasteiger partial charge in [0.1, 0.15) is 16.4 Å². The number of hydrogen-bond acceptors (Lipinski definition) is 2. The lowest BCUT2D eigenvalue weighted by molar-refractivity contribution is 1.43. The van der Waals surface area contributed by atoms with Gasteiger partial charge in [0.15, 0.2) is 0 Å². The maximum Gasteiger partial charge on any atom is 0.148 e. The Morgan fingerprint density at radius 2 is 2.25 bits per heavy atom. The van der Waals surface area contributed by atoms with Gasteiger partial charge in [0.2, 0.25) is 0 Å². The Kier molecular flexibility index (Phi) is 3.33. The molecule has 1 aliphatic heterocycles. The van der Waals surface area contributed by atoms with E-state index in [-0.39, 0.29) is 5.16 Å². The minimum absolute atomic E-state index is 0.136. The molecule has 0 saturated heterocycles. The molecule has 0 N–H and O–H groups in total. The van der Waals surface area contributed by atoms with Gasteiger partial charge in [0.05, 0.1) is 5.57 Å². The summed E-state index contributed by atoms with van der Waals surface area (Å²) in [6, 6.07) is 1.92. The number of allylic oxidation sites excluding steroid dienone is 3. The smallest absolute Gasteiger partial charge is 0.148 e. The van der Waals surface area contributed by atoms with Crippen LogP contribution in [0.1, 0.15) is 6.42 Å². The standard InChI is InChI=1S/C7H3BrCl2N2/c8-5-1-4(3-11)7(10)12-6(9)2-5/h1H,2H2. The Labute approximate surface area is 88.3 Å². The molecule has 0 amide bonds. The molecule has 0 unspecified atom stereocenters. The average molecular weight is 266 g/mol. The Hall–Kier alpha value is -0.300. The first-order chi connectivity index (χ1) is 5.63. The van der Waals surface area contributed by atoms with Crippen LogP contribution in [0.25, 0.3) is 0 Å². The van der Waals surface area contributed by atoms with E-state index in [4.69, 9.17) is 28.5 Å². The number of nitrogens with zero attached hydrogens (tertiary/aromatic N) is 2. The molecule has 0 fully saturated rings. The minimum Gasteiger partial charge on any atom is -0.227 e. The molecule has 2 nitrogen and oxygen atoms in total. The molecular weight excluding hydrogens is 263 g/mol. The van der Waals surface area contributed by atoms with Crippen molar-refractivity contribution < 1.29 is 0 Å². The molecule has 12 heavy (non-hydrogen) atoms. The summed E-state index contributed by atoms with van der Waals surface area (Å²) >= 11 is 14.6. The zero-order valence-electron chi connectivity index (χ0n) is 5.81. The molecule has 0 aromatic rings. The number of nitriles is 1. The normalized spacial score (nSPS) is 17.8. The van der Waals surface area contributed by atoms with E-state index in [0.29, 0.717) is 17.2 Å². The molecule has 1 heterocycles. The Morgan fingerprint density at radius 3 is 2.83 bits per heavy atom. The van der Waals surface area contributed by atoms with Crippen LogP contribution in [-0.2, 0) is 0 Å². The highest BCUT2D eigenvalue weighted by molar-refractivity contribution is 9.11. The number of aliphatic imine (C=N–C) groups is 1. The maximum atomic E-state index is 8.62. The van der Waals surface area contributed by atoms with Crippen molar-refractivity contribution in [1.29, 1.82) is 5.26 Å². The van der Waals surface area contributed by atoms with E-state index in [1.807, 2.05) is 6.07 Å². The van der Waals surface area contributed by atoms with Crippen molar-refractivity contribution in [3.8, 4) is 6.07 Å². The first kappa shape index (κ1) is 9.79. The summed E-state index contributed by atoms with van der Waals surface area (Å²) in [5.74, 6) is 0. The first-order valence-corrected chi connectivity index (χ1v) is 4.57. The van der Waals surface area contributed by atoms with Gasteiger partial charge in [-0.25, -0.2) is 4.99 Å². The third-order valence-electron chi connectivity index (χ3n) is 1.18. The average Bonchev–Trinajstić information content (AvgIpc) is 2.09. The third-order valence-corrected chi connectivity index (χ3v) is 2.19. The first-order valence-electron chi connectivity index (χ1n) is 3.02. The van der Waals surface area contributed by atoms with Crippen LogP contribution < -0.4 is 0 Å². The molecule has 0 aromatic heterocycles. The maximum absolute atomic E-state index is 8.62. The van der Waals surface area contributed by atoms with Crippen LogP contribution in [0.15, 0.2) is 26.3 Å². The van der Waals surface area contributed by atoms with Crippen LogP contribution in [0.2, 0.25) is 0 Å². The number of halogens is 3. The third kappa shape index (κ3) is 2.34. The van der Waals surface area contributed by atoms with Crippen molar-refractivity contribution in [3.05, 3.63) is 21.3 Å². The summed E-state index contributed by atoms with van der Waals surface area (Å²) in [5.41, 5.74) is 0.319.